The Balaban J connectivity index is 1.55. The number of anilines is 2. The van der Waals surface area contributed by atoms with Crippen LogP contribution in [0.15, 0.2) is 42.5 Å². The molecule has 0 aliphatic carbocycles. The molecular formula is C23H20N4O5. The van der Waals surface area contributed by atoms with E-state index in [0.717, 1.165) is 23.3 Å². The fraction of sp³-hybridized carbons (Fsp3) is 0.348. The van der Waals surface area contributed by atoms with Crippen LogP contribution < -0.4 is 10.2 Å². The molecule has 1 spiro atoms. The van der Waals surface area contributed by atoms with Gasteiger partial charge >= 0.3 is 0 Å². The van der Waals surface area contributed by atoms with Gasteiger partial charge in [0.2, 0.25) is 17.7 Å². The molecule has 4 aliphatic rings. The molecule has 162 valence electrons. The first-order chi connectivity index (χ1) is 15.4. The molecule has 4 aliphatic heterocycles. The normalized spacial score (nSPS) is 30.6. The van der Waals surface area contributed by atoms with Gasteiger partial charge in [0.15, 0.2) is 0 Å². The van der Waals surface area contributed by atoms with Crippen LogP contribution in [0.2, 0.25) is 0 Å². The van der Waals surface area contributed by atoms with E-state index in [1.807, 2.05) is 24.3 Å². The minimum absolute atomic E-state index is 0.152. The van der Waals surface area contributed by atoms with Gasteiger partial charge in [-0.05, 0) is 38.4 Å². The Morgan fingerprint density at radius 3 is 2.66 bits per heavy atom. The molecule has 9 heteroatoms. The zero-order valence-corrected chi connectivity index (χ0v) is 17.3. The molecule has 2 aromatic carbocycles. The Hall–Kier alpha value is -3.59. The zero-order valence-electron chi connectivity index (χ0n) is 17.3. The lowest BCUT2D eigenvalue weighted by molar-refractivity contribution is -0.385. The van der Waals surface area contributed by atoms with E-state index in [2.05, 4.69) is 10.2 Å². The van der Waals surface area contributed by atoms with E-state index in [-0.39, 0.29) is 34.8 Å². The molecule has 4 atom stereocenters. The number of carbonyl (C=O) groups excluding carboxylic acids is 3. The number of nitro groups is 1. The number of amides is 3. The maximum absolute atomic E-state index is 13.9. The van der Waals surface area contributed by atoms with Gasteiger partial charge in [0.05, 0.1) is 28.0 Å². The first-order valence-corrected chi connectivity index (χ1v) is 10.7. The molecule has 0 radical (unpaired) electrons. The predicted octanol–water partition coefficient (Wildman–Crippen LogP) is 2.33. The molecule has 32 heavy (non-hydrogen) atoms. The summed E-state index contributed by atoms with van der Waals surface area (Å²) in [6.45, 7) is 2.17. The van der Waals surface area contributed by atoms with Crippen molar-refractivity contribution in [2.24, 2.45) is 11.8 Å². The summed E-state index contributed by atoms with van der Waals surface area (Å²) in [7, 11) is 0. The first-order valence-electron chi connectivity index (χ1n) is 10.7. The van der Waals surface area contributed by atoms with Crippen LogP contribution >= 0.6 is 0 Å². The Bertz CT molecular complexity index is 1240. The van der Waals surface area contributed by atoms with Crippen molar-refractivity contribution in [3.8, 4) is 0 Å². The van der Waals surface area contributed by atoms with Gasteiger partial charge in [-0.2, -0.15) is 0 Å². The van der Waals surface area contributed by atoms with Gasteiger partial charge < -0.3 is 5.32 Å². The van der Waals surface area contributed by atoms with Gasteiger partial charge in [-0.3, -0.25) is 29.4 Å². The molecule has 0 bridgehead atoms. The van der Waals surface area contributed by atoms with Crippen molar-refractivity contribution in [3.05, 3.63) is 63.7 Å². The number of rotatable bonds is 2. The van der Waals surface area contributed by atoms with Gasteiger partial charge in [0.1, 0.15) is 5.54 Å². The van der Waals surface area contributed by atoms with E-state index in [1.54, 1.807) is 6.07 Å². The van der Waals surface area contributed by atoms with Crippen molar-refractivity contribution >= 4 is 34.8 Å². The van der Waals surface area contributed by atoms with E-state index in [0.29, 0.717) is 12.2 Å². The summed E-state index contributed by atoms with van der Waals surface area (Å²) in [6, 6.07) is 11.5. The fourth-order valence-electron chi connectivity index (χ4n) is 6.45. The lowest BCUT2D eigenvalue weighted by Crippen LogP contribution is -2.54. The molecule has 4 heterocycles. The number of nitrogens with zero attached hydrogens (tertiary/aromatic N) is 3. The van der Waals surface area contributed by atoms with Crippen LogP contribution in [0.25, 0.3) is 0 Å². The largest absolute Gasteiger partial charge is 0.324 e. The third-order valence-electron chi connectivity index (χ3n) is 7.61. The number of nitrogens with one attached hydrogen (secondary N) is 1. The number of para-hydroxylation sites is 1. The quantitative estimate of drug-likeness (QED) is 0.443. The van der Waals surface area contributed by atoms with Gasteiger partial charge in [0, 0.05) is 23.4 Å². The monoisotopic (exact) mass is 432 g/mol. The standard InChI is InChI=1S/C23H20N4O5/c1-12-15(8-4-9-16(12)27(31)32)26-20(28)18-17-10-5-11-25(17)23(19(18)21(26)29)13-6-2-3-7-14(13)24-22(23)30/h2-4,6-9,17-19H,5,10-11H2,1H3,(H,24,30)/t17-,18+,19-,23+/m0/s1. The lowest BCUT2D eigenvalue weighted by Gasteiger charge is -2.36. The fourth-order valence-corrected chi connectivity index (χ4v) is 6.45. The lowest BCUT2D eigenvalue weighted by atomic mass is 9.75. The van der Waals surface area contributed by atoms with E-state index >= 15 is 0 Å². The Morgan fingerprint density at radius 2 is 1.88 bits per heavy atom. The molecule has 6 rings (SSSR count). The summed E-state index contributed by atoms with van der Waals surface area (Å²) in [6.07, 6.45) is 1.56. The molecule has 0 aromatic heterocycles. The smallest absolute Gasteiger partial charge is 0.274 e. The Morgan fingerprint density at radius 1 is 1.09 bits per heavy atom. The number of hydrogen-bond donors (Lipinski definition) is 1. The average Bonchev–Trinajstić information content (AvgIpc) is 3.47. The van der Waals surface area contributed by atoms with Crippen LogP contribution in [0, 0.1) is 28.9 Å². The number of hydrogen-bond acceptors (Lipinski definition) is 6. The highest BCUT2D eigenvalue weighted by atomic mass is 16.6. The summed E-state index contributed by atoms with van der Waals surface area (Å²) in [5.74, 6) is -2.67. The van der Waals surface area contributed by atoms with Crippen molar-refractivity contribution in [2.45, 2.75) is 31.3 Å². The van der Waals surface area contributed by atoms with Crippen molar-refractivity contribution in [1.82, 2.24) is 4.90 Å². The molecule has 1 N–H and O–H groups in total. The maximum atomic E-state index is 13.9. The number of nitro benzene ring substituents is 1. The summed E-state index contributed by atoms with van der Waals surface area (Å²) in [4.78, 5) is 55.2. The highest BCUT2D eigenvalue weighted by molar-refractivity contribution is 6.26. The SMILES string of the molecule is Cc1c(N2C(=O)[C@H]3[C@@H](C2=O)[C@]2(C(=O)Nc4ccccc42)N2CCC[C@@H]32)cccc1[N+](=O)[O-]. The molecule has 3 fully saturated rings. The van der Waals surface area contributed by atoms with Crippen LogP contribution in [0.4, 0.5) is 17.1 Å². The van der Waals surface area contributed by atoms with Gasteiger partial charge in [-0.25, -0.2) is 4.90 Å². The van der Waals surface area contributed by atoms with E-state index in [9.17, 15) is 24.5 Å². The average molecular weight is 432 g/mol. The van der Waals surface area contributed by atoms with Crippen LogP contribution in [-0.4, -0.2) is 40.1 Å². The summed E-state index contributed by atoms with van der Waals surface area (Å²) < 4.78 is 0. The third kappa shape index (κ3) is 2.04. The zero-order chi connectivity index (χ0) is 22.4. The minimum atomic E-state index is -1.24. The molecular weight excluding hydrogens is 412 g/mol. The second kappa shape index (κ2) is 6.23. The highest BCUT2D eigenvalue weighted by Crippen LogP contribution is 2.60. The molecule has 3 amide bonds. The third-order valence-corrected chi connectivity index (χ3v) is 7.61. The van der Waals surface area contributed by atoms with E-state index in [4.69, 9.17) is 0 Å². The van der Waals surface area contributed by atoms with E-state index in [1.165, 1.54) is 19.1 Å². The molecule has 9 nitrogen and oxygen atoms in total. The van der Waals surface area contributed by atoms with Gasteiger partial charge in [-0.15, -0.1) is 0 Å². The van der Waals surface area contributed by atoms with Crippen LogP contribution in [0.1, 0.15) is 24.0 Å². The van der Waals surface area contributed by atoms with Crippen molar-refractivity contribution in [1.29, 1.82) is 0 Å². The number of imide groups is 1. The second-order valence-electron chi connectivity index (χ2n) is 8.86. The first kappa shape index (κ1) is 19.1. The molecule has 2 aromatic rings. The summed E-state index contributed by atoms with van der Waals surface area (Å²) >= 11 is 0. The highest BCUT2D eigenvalue weighted by Gasteiger charge is 2.74. The molecule has 3 saturated heterocycles. The van der Waals surface area contributed by atoms with Crippen LogP contribution in [0.3, 0.4) is 0 Å². The predicted molar refractivity (Wildman–Crippen MR) is 114 cm³/mol. The number of benzene rings is 2. The minimum Gasteiger partial charge on any atom is -0.324 e. The van der Waals surface area contributed by atoms with Crippen molar-refractivity contribution in [2.75, 3.05) is 16.8 Å². The van der Waals surface area contributed by atoms with Gasteiger partial charge in [-0.1, -0.05) is 24.3 Å². The number of carbonyl (C=O) groups is 3. The number of fused-ring (bicyclic) bond motifs is 7. The molecule has 0 saturated carbocycles. The topological polar surface area (TPSA) is 113 Å². The van der Waals surface area contributed by atoms with Crippen LogP contribution in [-0.2, 0) is 19.9 Å². The Kier molecular flexibility index (Phi) is 3.72. The van der Waals surface area contributed by atoms with Gasteiger partial charge in [0.25, 0.3) is 5.69 Å². The van der Waals surface area contributed by atoms with Crippen molar-refractivity contribution < 1.29 is 19.3 Å². The Labute approximate surface area is 183 Å². The summed E-state index contributed by atoms with van der Waals surface area (Å²) in [5.41, 5.74) is 0.472. The maximum Gasteiger partial charge on any atom is 0.274 e. The second-order valence-corrected chi connectivity index (χ2v) is 8.86. The van der Waals surface area contributed by atoms with Crippen molar-refractivity contribution in [3.63, 3.8) is 0 Å². The molecule has 0 unspecified atom stereocenters. The van der Waals surface area contributed by atoms with Crippen LogP contribution in [0.5, 0.6) is 0 Å². The summed E-state index contributed by atoms with van der Waals surface area (Å²) in [5, 5.41) is 14.4. The van der Waals surface area contributed by atoms with E-state index < -0.39 is 28.2 Å².